The molecular formula is C18H16ClF2NO6S. The molecule has 11 heteroatoms. The fourth-order valence-corrected chi connectivity index (χ4v) is 3.92. The molecule has 7 nitrogen and oxygen atoms in total. The molecule has 0 fully saturated rings. The zero-order valence-electron chi connectivity index (χ0n) is 14.9. The first-order valence-electron chi connectivity index (χ1n) is 8.38. The number of halogens is 3. The van der Waals surface area contributed by atoms with Crippen molar-refractivity contribution in [1.29, 1.82) is 0 Å². The summed E-state index contributed by atoms with van der Waals surface area (Å²) in [7, 11) is -4.10. The molecule has 0 saturated heterocycles. The Bertz CT molecular complexity index is 1030. The molecule has 0 bridgehead atoms. The number of ether oxygens (including phenoxy) is 3. The van der Waals surface area contributed by atoms with Crippen LogP contribution >= 0.6 is 11.6 Å². The van der Waals surface area contributed by atoms with Crippen LogP contribution in [0, 0.1) is 11.6 Å². The average Bonchev–Trinajstić information content (AvgIpc) is 2.67. The topological polar surface area (TPSA) is 90.9 Å². The molecule has 2 aromatic rings. The summed E-state index contributed by atoms with van der Waals surface area (Å²) in [5, 5.41) is 0.434. The molecular weight excluding hydrogens is 432 g/mol. The van der Waals surface area contributed by atoms with Crippen molar-refractivity contribution in [3.05, 3.63) is 58.1 Å². The van der Waals surface area contributed by atoms with Gasteiger partial charge in [-0.3, -0.25) is 4.79 Å². The fraction of sp³-hybridized carbons (Fsp3) is 0.278. The third kappa shape index (κ3) is 5.41. The van der Waals surface area contributed by atoms with Crippen LogP contribution in [0.1, 0.15) is 17.5 Å². The van der Waals surface area contributed by atoms with Crippen molar-refractivity contribution in [2.24, 2.45) is 0 Å². The van der Waals surface area contributed by atoms with Crippen molar-refractivity contribution in [3.8, 4) is 5.75 Å². The van der Waals surface area contributed by atoms with Crippen molar-refractivity contribution >= 4 is 27.6 Å². The van der Waals surface area contributed by atoms with Crippen LogP contribution in [0.4, 0.5) is 8.78 Å². The largest absolute Gasteiger partial charge is 0.467 e. The maximum atomic E-state index is 13.2. The molecule has 29 heavy (non-hydrogen) atoms. The van der Waals surface area contributed by atoms with Crippen LogP contribution in [0.5, 0.6) is 5.75 Å². The molecule has 0 amide bonds. The van der Waals surface area contributed by atoms with Crippen molar-refractivity contribution in [1.82, 2.24) is 4.72 Å². The number of benzene rings is 2. The number of carbonyl (C=O) groups excluding carboxylic acids is 1. The number of hydrogen-bond acceptors (Lipinski definition) is 6. The molecule has 0 aliphatic carbocycles. The number of carbonyl (C=O) groups is 1. The Balaban J connectivity index is 1.53. The average molecular weight is 448 g/mol. The Kier molecular flexibility index (Phi) is 6.68. The second-order valence-electron chi connectivity index (χ2n) is 6.05. The monoisotopic (exact) mass is 447 g/mol. The van der Waals surface area contributed by atoms with Gasteiger partial charge in [0.25, 0.3) is 0 Å². The summed E-state index contributed by atoms with van der Waals surface area (Å²) in [6, 6.07) is 5.48. The Morgan fingerprint density at radius 3 is 2.76 bits per heavy atom. The normalized spacial score (nSPS) is 13.5. The molecule has 0 atom stereocenters. The van der Waals surface area contributed by atoms with Crippen LogP contribution in [0.15, 0.2) is 35.2 Å². The van der Waals surface area contributed by atoms with Crippen molar-refractivity contribution in [2.75, 3.05) is 13.3 Å². The molecule has 1 heterocycles. The van der Waals surface area contributed by atoms with E-state index in [1.165, 1.54) is 0 Å². The number of sulfonamides is 1. The lowest BCUT2D eigenvalue weighted by atomic mass is 10.1. The second-order valence-corrected chi connectivity index (χ2v) is 8.25. The van der Waals surface area contributed by atoms with Gasteiger partial charge in [-0.05, 0) is 30.3 Å². The minimum absolute atomic E-state index is 0.0708. The second kappa shape index (κ2) is 9.04. The van der Waals surface area contributed by atoms with Crippen molar-refractivity contribution in [3.63, 3.8) is 0 Å². The van der Waals surface area contributed by atoms with Gasteiger partial charge < -0.3 is 14.2 Å². The van der Waals surface area contributed by atoms with E-state index >= 15 is 0 Å². The molecule has 1 aliphatic rings. The summed E-state index contributed by atoms with van der Waals surface area (Å²) >= 11 is 6.03. The Hall–Kier alpha value is -2.27. The van der Waals surface area contributed by atoms with Gasteiger partial charge in [-0.15, -0.1) is 0 Å². The predicted octanol–water partition coefficient (Wildman–Crippen LogP) is 2.90. The van der Waals surface area contributed by atoms with Gasteiger partial charge in [0.1, 0.15) is 12.4 Å². The third-order valence-electron chi connectivity index (χ3n) is 3.96. The van der Waals surface area contributed by atoms with E-state index in [0.29, 0.717) is 35.1 Å². The number of fused-ring (bicyclic) bond motifs is 1. The van der Waals surface area contributed by atoms with Crippen molar-refractivity contribution in [2.45, 2.75) is 24.5 Å². The lowest BCUT2D eigenvalue weighted by Gasteiger charge is -2.21. The summed E-state index contributed by atoms with van der Waals surface area (Å²) in [5.74, 6) is -2.58. The highest BCUT2D eigenvalue weighted by atomic mass is 35.5. The van der Waals surface area contributed by atoms with Gasteiger partial charge in [-0.25, -0.2) is 21.9 Å². The number of nitrogens with one attached hydrogen (secondary N) is 1. The fourth-order valence-electron chi connectivity index (χ4n) is 2.61. The quantitative estimate of drug-likeness (QED) is 0.656. The molecule has 0 aromatic heterocycles. The van der Waals surface area contributed by atoms with E-state index in [0.717, 1.165) is 11.6 Å². The summed E-state index contributed by atoms with van der Waals surface area (Å²) in [6.45, 7) is -0.000256. The zero-order chi connectivity index (χ0) is 21.0. The first-order chi connectivity index (χ1) is 13.8. The highest BCUT2D eigenvalue weighted by Gasteiger charge is 2.19. The van der Waals surface area contributed by atoms with Gasteiger partial charge in [0.2, 0.25) is 10.0 Å². The molecule has 0 radical (unpaired) electrons. The summed E-state index contributed by atoms with van der Waals surface area (Å²) < 4.78 is 68.1. The number of rotatable bonds is 7. The molecule has 1 aliphatic heterocycles. The van der Waals surface area contributed by atoms with Crippen LogP contribution in [0.2, 0.25) is 5.02 Å². The van der Waals surface area contributed by atoms with Gasteiger partial charge in [-0.1, -0.05) is 11.6 Å². The van der Waals surface area contributed by atoms with Gasteiger partial charge >= 0.3 is 5.97 Å². The predicted molar refractivity (Wildman–Crippen MR) is 97.7 cm³/mol. The third-order valence-corrected chi connectivity index (χ3v) is 5.64. The first kappa shape index (κ1) is 21.4. The van der Waals surface area contributed by atoms with Gasteiger partial charge in [0, 0.05) is 22.7 Å². The lowest BCUT2D eigenvalue weighted by Crippen LogP contribution is -2.27. The van der Waals surface area contributed by atoms with Crippen molar-refractivity contribution < 1.29 is 36.2 Å². The molecule has 0 saturated carbocycles. The first-order valence-corrected chi connectivity index (χ1v) is 10.2. The number of hydrogen-bond donors (Lipinski definition) is 1. The maximum absolute atomic E-state index is 13.2. The smallest absolute Gasteiger partial charge is 0.307 e. The lowest BCUT2D eigenvalue weighted by molar-refractivity contribution is -0.144. The standard InChI is InChI=1S/C18H16ClF2NO6S/c19-13-5-11-8-26-10-28-18(11)12(6-13)9-27-17(23)3-4-22-29(24,25)14-1-2-15(20)16(21)7-14/h1-2,5-7,22H,3-4,8-10H2. The number of esters is 1. The van der Waals surface area contributed by atoms with Crippen LogP contribution in [0.3, 0.4) is 0 Å². The van der Waals surface area contributed by atoms with E-state index < -0.39 is 32.5 Å². The molecule has 0 unspecified atom stereocenters. The minimum atomic E-state index is -4.10. The Labute approximate surface area is 170 Å². The highest BCUT2D eigenvalue weighted by molar-refractivity contribution is 7.89. The molecule has 156 valence electrons. The van der Waals surface area contributed by atoms with E-state index in [-0.39, 0.29) is 26.4 Å². The SMILES string of the molecule is O=C(CCNS(=O)(=O)c1ccc(F)c(F)c1)OCc1cc(Cl)cc2c1OCOC2. The maximum Gasteiger partial charge on any atom is 0.307 e. The van der Waals surface area contributed by atoms with E-state index in [9.17, 15) is 22.0 Å². The Morgan fingerprint density at radius 1 is 1.21 bits per heavy atom. The summed E-state index contributed by atoms with van der Waals surface area (Å²) in [4.78, 5) is 11.5. The molecule has 0 spiro atoms. The van der Waals surface area contributed by atoms with Crippen LogP contribution in [-0.4, -0.2) is 27.7 Å². The van der Waals surface area contributed by atoms with Crippen LogP contribution < -0.4 is 9.46 Å². The molecule has 3 rings (SSSR count). The van der Waals surface area contributed by atoms with Gasteiger partial charge in [0.15, 0.2) is 18.4 Å². The van der Waals surface area contributed by atoms with Gasteiger partial charge in [-0.2, -0.15) is 0 Å². The van der Waals surface area contributed by atoms with Crippen LogP contribution in [-0.2, 0) is 37.5 Å². The summed E-state index contributed by atoms with van der Waals surface area (Å²) in [5.41, 5.74) is 1.29. The van der Waals surface area contributed by atoms with E-state index in [4.69, 9.17) is 25.8 Å². The van der Waals surface area contributed by atoms with E-state index in [1.54, 1.807) is 12.1 Å². The van der Waals surface area contributed by atoms with Gasteiger partial charge in [0.05, 0.1) is 17.9 Å². The molecule has 2 aromatic carbocycles. The zero-order valence-corrected chi connectivity index (χ0v) is 16.5. The van der Waals surface area contributed by atoms with Crippen LogP contribution in [0.25, 0.3) is 0 Å². The summed E-state index contributed by atoms with van der Waals surface area (Å²) in [6.07, 6.45) is -0.268. The van der Waals surface area contributed by atoms with E-state index in [2.05, 4.69) is 4.72 Å². The Morgan fingerprint density at radius 2 is 2.00 bits per heavy atom. The van der Waals surface area contributed by atoms with E-state index in [1.807, 2.05) is 0 Å². The minimum Gasteiger partial charge on any atom is -0.467 e. The molecule has 1 N–H and O–H groups in total. The highest BCUT2D eigenvalue weighted by Crippen LogP contribution is 2.32.